The summed E-state index contributed by atoms with van der Waals surface area (Å²) in [4.78, 5) is 4.06. The molecule has 0 aromatic carbocycles. The molecule has 1 aliphatic heterocycles. The minimum Gasteiger partial charge on any atom is -0.332 e. The smallest absolute Gasteiger partial charge is 0.207 e. The molecule has 3 heteroatoms. The van der Waals surface area contributed by atoms with Crippen molar-refractivity contribution >= 4 is 5.95 Å². The van der Waals surface area contributed by atoms with Gasteiger partial charge < -0.3 is 9.88 Å². The van der Waals surface area contributed by atoms with Crippen LogP contribution in [0.25, 0.3) is 0 Å². The van der Waals surface area contributed by atoms with Crippen molar-refractivity contribution in [3.05, 3.63) is 24.7 Å². The first kappa shape index (κ1) is 4.61. The van der Waals surface area contributed by atoms with Crippen molar-refractivity contribution in [1.29, 1.82) is 0 Å². The van der Waals surface area contributed by atoms with E-state index in [0.717, 1.165) is 12.5 Å². The molecule has 46 valence electrons. The van der Waals surface area contributed by atoms with Gasteiger partial charge in [-0.3, -0.25) is 0 Å². The van der Waals surface area contributed by atoms with Crippen LogP contribution in [0.2, 0.25) is 0 Å². The number of nitrogens with one attached hydrogen (secondary N) is 1. The third-order valence-corrected chi connectivity index (χ3v) is 1.35. The third-order valence-electron chi connectivity index (χ3n) is 1.35. The van der Waals surface area contributed by atoms with Crippen LogP contribution in [-0.2, 0) is 6.54 Å². The van der Waals surface area contributed by atoms with Gasteiger partial charge in [-0.05, 0) is 6.08 Å². The lowest BCUT2D eigenvalue weighted by molar-refractivity contribution is 0.814. The molecule has 1 aromatic rings. The zero-order valence-corrected chi connectivity index (χ0v) is 4.91. The van der Waals surface area contributed by atoms with Crippen LogP contribution >= 0.6 is 0 Å². The normalized spacial score (nSPS) is 14.7. The molecule has 0 saturated carbocycles. The second-order valence-corrected chi connectivity index (χ2v) is 1.95. The number of allylic oxidation sites excluding steroid dienone is 1. The predicted molar refractivity (Wildman–Crippen MR) is 35.0 cm³/mol. The monoisotopic (exact) mass is 121 g/mol. The zero-order valence-electron chi connectivity index (χ0n) is 4.91. The summed E-state index contributed by atoms with van der Waals surface area (Å²) in [7, 11) is 0. The average Bonchev–Trinajstić information content (AvgIpc) is 2.33. The third kappa shape index (κ3) is 0.614. The minimum atomic E-state index is 0.928. The Hall–Kier alpha value is -1.25. The van der Waals surface area contributed by atoms with Gasteiger partial charge in [0.2, 0.25) is 5.95 Å². The van der Waals surface area contributed by atoms with E-state index >= 15 is 0 Å². The predicted octanol–water partition coefficient (Wildman–Crippen LogP) is 0.822. The highest BCUT2D eigenvalue weighted by Gasteiger charge is 2.00. The molecule has 1 aliphatic rings. The van der Waals surface area contributed by atoms with Gasteiger partial charge in [0.05, 0.1) is 0 Å². The Morgan fingerprint density at radius 1 is 1.67 bits per heavy atom. The molecule has 2 rings (SSSR count). The van der Waals surface area contributed by atoms with Crippen molar-refractivity contribution in [1.82, 2.24) is 9.55 Å². The largest absolute Gasteiger partial charge is 0.332 e. The zero-order chi connectivity index (χ0) is 6.10. The molecular formula is C6H7N3. The van der Waals surface area contributed by atoms with Crippen LogP contribution < -0.4 is 5.32 Å². The number of rotatable bonds is 0. The van der Waals surface area contributed by atoms with Crippen LogP contribution in [0.3, 0.4) is 0 Å². The van der Waals surface area contributed by atoms with E-state index in [0.29, 0.717) is 0 Å². The quantitative estimate of drug-likeness (QED) is 0.550. The fraction of sp³-hybridized carbons (Fsp3) is 0.167. The van der Waals surface area contributed by atoms with Gasteiger partial charge in [0.25, 0.3) is 0 Å². The fourth-order valence-corrected chi connectivity index (χ4v) is 0.896. The van der Waals surface area contributed by atoms with Gasteiger partial charge in [-0.25, -0.2) is 4.98 Å². The molecule has 1 aromatic heterocycles. The van der Waals surface area contributed by atoms with Gasteiger partial charge in [0.1, 0.15) is 0 Å². The molecule has 3 nitrogen and oxygen atoms in total. The molecule has 0 spiro atoms. The molecule has 0 atom stereocenters. The van der Waals surface area contributed by atoms with E-state index in [1.807, 2.05) is 17.0 Å². The Balaban J connectivity index is 2.46. The Morgan fingerprint density at radius 2 is 2.67 bits per heavy atom. The van der Waals surface area contributed by atoms with Gasteiger partial charge >= 0.3 is 0 Å². The van der Waals surface area contributed by atoms with Crippen molar-refractivity contribution in [3.8, 4) is 0 Å². The van der Waals surface area contributed by atoms with E-state index in [-0.39, 0.29) is 0 Å². The van der Waals surface area contributed by atoms with Crippen LogP contribution in [0.15, 0.2) is 24.7 Å². The number of anilines is 1. The summed E-state index contributed by atoms with van der Waals surface area (Å²) in [6, 6.07) is 0. The second-order valence-electron chi connectivity index (χ2n) is 1.95. The van der Waals surface area contributed by atoms with Gasteiger partial charge in [-0.2, -0.15) is 0 Å². The number of fused-ring (bicyclic) bond motifs is 1. The van der Waals surface area contributed by atoms with Crippen molar-refractivity contribution in [2.45, 2.75) is 6.54 Å². The number of imidazole rings is 1. The fourth-order valence-electron chi connectivity index (χ4n) is 0.896. The lowest BCUT2D eigenvalue weighted by atomic mass is 10.5. The molecule has 0 radical (unpaired) electrons. The SMILES string of the molecule is C1=CNc2nccn2C1. The van der Waals surface area contributed by atoms with Crippen LogP contribution in [0.5, 0.6) is 0 Å². The molecule has 0 fully saturated rings. The molecule has 0 bridgehead atoms. The first-order chi connectivity index (χ1) is 4.47. The van der Waals surface area contributed by atoms with Gasteiger partial charge in [-0.15, -0.1) is 0 Å². The summed E-state index contributed by atoms with van der Waals surface area (Å²) in [6.07, 6.45) is 7.69. The Kier molecular flexibility index (Phi) is 0.828. The summed E-state index contributed by atoms with van der Waals surface area (Å²) in [6.45, 7) is 0.933. The molecule has 0 saturated heterocycles. The summed E-state index contributed by atoms with van der Waals surface area (Å²) < 4.78 is 2.04. The lowest BCUT2D eigenvalue weighted by Gasteiger charge is -2.07. The second kappa shape index (κ2) is 1.62. The molecular weight excluding hydrogens is 114 g/mol. The maximum atomic E-state index is 4.06. The Bertz CT molecular complexity index is 214. The lowest BCUT2D eigenvalue weighted by Crippen LogP contribution is -2.05. The van der Waals surface area contributed by atoms with Crippen LogP contribution in [0.1, 0.15) is 0 Å². The average molecular weight is 121 g/mol. The summed E-state index contributed by atoms with van der Waals surface area (Å²) in [5.41, 5.74) is 0. The maximum absolute atomic E-state index is 4.06. The van der Waals surface area contributed by atoms with Gasteiger partial charge in [0.15, 0.2) is 0 Å². The molecule has 2 heterocycles. The van der Waals surface area contributed by atoms with Crippen LogP contribution in [-0.4, -0.2) is 9.55 Å². The Morgan fingerprint density at radius 3 is 3.56 bits per heavy atom. The number of hydrogen-bond donors (Lipinski definition) is 1. The number of aromatic nitrogens is 2. The van der Waals surface area contributed by atoms with E-state index in [2.05, 4.69) is 16.4 Å². The van der Waals surface area contributed by atoms with Crippen molar-refractivity contribution in [2.75, 3.05) is 5.32 Å². The standard InChI is InChI=1S/C6H7N3/c1-2-7-6-8-3-5-9(6)4-1/h1-3,5H,4H2,(H,7,8). The number of nitrogens with zero attached hydrogens (tertiary/aromatic N) is 2. The molecule has 0 unspecified atom stereocenters. The van der Waals surface area contributed by atoms with Crippen LogP contribution in [0, 0.1) is 0 Å². The van der Waals surface area contributed by atoms with Crippen molar-refractivity contribution in [2.24, 2.45) is 0 Å². The minimum absolute atomic E-state index is 0.928. The summed E-state index contributed by atoms with van der Waals surface area (Å²) in [5, 5.41) is 3.01. The van der Waals surface area contributed by atoms with Crippen LogP contribution in [0.4, 0.5) is 5.95 Å². The first-order valence-corrected chi connectivity index (χ1v) is 2.89. The maximum Gasteiger partial charge on any atom is 0.207 e. The Labute approximate surface area is 53.0 Å². The van der Waals surface area contributed by atoms with E-state index in [1.165, 1.54) is 0 Å². The van der Waals surface area contributed by atoms with Crippen molar-refractivity contribution in [3.63, 3.8) is 0 Å². The van der Waals surface area contributed by atoms with E-state index in [1.54, 1.807) is 6.20 Å². The topological polar surface area (TPSA) is 29.9 Å². The highest BCUT2D eigenvalue weighted by Crippen LogP contribution is 2.07. The number of hydrogen-bond acceptors (Lipinski definition) is 2. The van der Waals surface area contributed by atoms with Gasteiger partial charge in [0, 0.05) is 25.1 Å². The highest BCUT2D eigenvalue weighted by molar-refractivity contribution is 5.32. The van der Waals surface area contributed by atoms with E-state index in [9.17, 15) is 0 Å². The first-order valence-electron chi connectivity index (χ1n) is 2.89. The highest BCUT2D eigenvalue weighted by atomic mass is 15.2. The summed E-state index contributed by atoms with van der Waals surface area (Å²) >= 11 is 0. The molecule has 0 amide bonds. The molecule has 9 heavy (non-hydrogen) atoms. The van der Waals surface area contributed by atoms with E-state index in [4.69, 9.17) is 0 Å². The molecule has 1 N–H and O–H groups in total. The van der Waals surface area contributed by atoms with E-state index < -0.39 is 0 Å². The summed E-state index contributed by atoms with van der Waals surface area (Å²) in [5.74, 6) is 0.928. The van der Waals surface area contributed by atoms with Gasteiger partial charge in [-0.1, -0.05) is 0 Å². The van der Waals surface area contributed by atoms with Crippen molar-refractivity contribution < 1.29 is 0 Å². The molecule has 0 aliphatic carbocycles.